The molecular weight excluding hydrogens is 352 g/mol. The highest BCUT2D eigenvalue weighted by Gasteiger charge is 2.31. The van der Waals surface area contributed by atoms with Crippen molar-refractivity contribution in [2.75, 3.05) is 26.3 Å². The molecule has 0 saturated carbocycles. The number of nitrogens with zero attached hydrogens (tertiary/aromatic N) is 1. The zero-order chi connectivity index (χ0) is 17.9. The summed E-state index contributed by atoms with van der Waals surface area (Å²) in [6.45, 7) is 0.508. The van der Waals surface area contributed by atoms with E-state index in [1.54, 1.807) is 18.2 Å². The van der Waals surface area contributed by atoms with Gasteiger partial charge in [0.2, 0.25) is 10.0 Å². The van der Waals surface area contributed by atoms with E-state index in [0.717, 1.165) is 12.1 Å². The van der Waals surface area contributed by atoms with Gasteiger partial charge in [0.25, 0.3) is 0 Å². The van der Waals surface area contributed by atoms with Crippen molar-refractivity contribution in [3.63, 3.8) is 0 Å². The summed E-state index contributed by atoms with van der Waals surface area (Å²) in [5, 5.41) is 0. The molecule has 0 spiro atoms. The van der Waals surface area contributed by atoms with Gasteiger partial charge >= 0.3 is 0 Å². The fourth-order valence-electron chi connectivity index (χ4n) is 2.53. The second-order valence-corrected chi connectivity index (χ2v) is 7.49. The first-order valence-corrected chi connectivity index (χ1v) is 9.15. The second kappa shape index (κ2) is 7.47. The Balaban J connectivity index is 1.65. The molecule has 1 aliphatic heterocycles. The molecule has 2 aromatic carbocycles. The Morgan fingerprint density at radius 1 is 1.16 bits per heavy atom. The van der Waals surface area contributed by atoms with Gasteiger partial charge in [0.05, 0.1) is 11.5 Å². The molecule has 1 saturated heterocycles. The van der Waals surface area contributed by atoms with Gasteiger partial charge in [-0.3, -0.25) is 0 Å². The van der Waals surface area contributed by atoms with Crippen molar-refractivity contribution in [3.05, 3.63) is 60.2 Å². The van der Waals surface area contributed by atoms with Crippen LogP contribution in [-0.2, 0) is 14.8 Å². The van der Waals surface area contributed by atoms with Crippen LogP contribution in [0.4, 0.5) is 8.78 Å². The van der Waals surface area contributed by atoms with Crippen LogP contribution in [0.25, 0.3) is 0 Å². The summed E-state index contributed by atoms with van der Waals surface area (Å²) in [6.07, 6.45) is -0.545. The van der Waals surface area contributed by atoms with E-state index in [2.05, 4.69) is 0 Å². The first-order chi connectivity index (χ1) is 12.0. The van der Waals surface area contributed by atoms with Crippen molar-refractivity contribution in [1.82, 2.24) is 4.31 Å². The minimum atomic E-state index is -3.62. The van der Waals surface area contributed by atoms with E-state index in [0.29, 0.717) is 0 Å². The number of sulfonamides is 1. The van der Waals surface area contributed by atoms with Crippen LogP contribution in [0.3, 0.4) is 0 Å². The molecule has 0 radical (unpaired) electrons. The van der Waals surface area contributed by atoms with Crippen molar-refractivity contribution in [2.45, 2.75) is 11.0 Å². The Hall–Kier alpha value is -2.03. The standard InChI is InChI=1S/C17H17F2NO4S/c18-13-6-7-17(16(19)10-13)24-12-14-11-20(8-9-23-14)25(21,22)15-4-2-1-3-5-15/h1-7,10,14H,8-9,11-12H2. The van der Waals surface area contributed by atoms with Crippen molar-refractivity contribution < 1.29 is 26.7 Å². The lowest BCUT2D eigenvalue weighted by molar-refractivity contribution is -0.0255. The summed E-state index contributed by atoms with van der Waals surface area (Å²) < 4.78 is 63.9. The van der Waals surface area contributed by atoms with Crippen molar-refractivity contribution in [3.8, 4) is 5.75 Å². The molecule has 0 aromatic heterocycles. The van der Waals surface area contributed by atoms with E-state index in [1.165, 1.54) is 22.5 Å². The van der Waals surface area contributed by atoms with Crippen LogP contribution >= 0.6 is 0 Å². The fourth-order valence-corrected chi connectivity index (χ4v) is 4.00. The Kier molecular flexibility index (Phi) is 5.31. The molecule has 0 N–H and O–H groups in total. The summed E-state index contributed by atoms with van der Waals surface area (Å²) >= 11 is 0. The lowest BCUT2D eigenvalue weighted by atomic mass is 10.3. The van der Waals surface area contributed by atoms with Crippen molar-refractivity contribution in [1.29, 1.82) is 0 Å². The Morgan fingerprint density at radius 2 is 1.92 bits per heavy atom. The van der Waals surface area contributed by atoms with Crippen LogP contribution in [0.2, 0.25) is 0 Å². The third-order valence-corrected chi connectivity index (χ3v) is 5.68. The maximum absolute atomic E-state index is 13.6. The summed E-state index contributed by atoms with van der Waals surface area (Å²) in [5.41, 5.74) is 0. The summed E-state index contributed by atoms with van der Waals surface area (Å²) in [7, 11) is -3.62. The van der Waals surface area contributed by atoms with E-state index in [9.17, 15) is 17.2 Å². The lowest BCUT2D eigenvalue weighted by Gasteiger charge is -2.32. The average molecular weight is 369 g/mol. The van der Waals surface area contributed by atoms with Gasteiger partial charge in [-0.05, 0) is 24.3 Å². The zero-order valence-electron chi connectivity index (χ0n) is 13.3. The van der Waals surface area contributed by atoms with Gasteiger partial charge in [-0.15, -0.1) is 0 Å². The van der Waals surface area contributed by atoms with Gasteiger partial charge in [0.15, 0.2) is 11.6 Å². The smallest absolute Gasteiger partial charge is 0.243 e. The first-order valence-electron chi connectivity index (χ1n) is 7.71. The van der Waals surface area contributed by atoms with Gasteiger partial charge < -0.3 is 9.47 Å². The van der Waals surface area contributed by atoms with Crippen LogP contribution < -0.4 is 4.74 Å². The third kappa shape index (κ3) is 4.15. The van der Waals surface area contributed by atoms with Crippen LogP contribution in [-0.4, -0.2) is 45.1 Å². The molecule has 0 amide bonds. The van der Waals surface area contributed by atoms with Crippen LogP contribution in [0.1, 0.15) is 0 Å². The minimum Gasteiger partial charge on any atom is -0.488 e. The Labute approximate surface area is 144 Å². The summed E-state index contributed by atoms with van der Waals surface area (Å²) in [5.74, 6) is -1.61. The van der Waals surface area contributed by atoms with Crippen LogP contribution in [0.15, 0.2) is 53.4 Å². The molecular formula is C17H17F2NO4S. The highest BCUT2D eigenvalue weighted by atomic mass is 32.2. The maximum atomic E-state index is 13.6. The van der Waals surface area contributed by atoms with E-state index >= 15 is 0 Å². The van der Waals surface area contributed by atoms with Gasteiger partial charge in [-0.1, -0.05) is 18.2 Å². The number of benzene rings is 2. The predicted molar refractivity (Wildman–Crippen MR) is 86.8 cm³/mol. The maximum Gasteiger partial charge on any atom is 0.243 e. The molecule has 8 heteroatoms. The van der Waals surface area contributed by atoms with Crippen LogP contribution in [0.5, 0.6) is 5.75 Å². The number of ether oxygens (including phenoxy) is 2. The number of morpholine rings is 1. The second-order valence-electron chi connectivity index (χ2n) is 5.55. The molecule has 1 atom stereocenters. The molecule has 1 heterocycles. The normalized spacial score (nSPS) is 18.9. The zero-order valence-corrected chi connectivity index (χ0v) is 14.1. The molecule has 2 aromatic rings. The molecule has 5 nitrogen and oxygen atoms in total. The van der Waals surface area contributed by atoms with Gasteiger partial charge in [-0.2, -0.15) is 4.31 Å². The topological polar surface area (TPSA) is 55.8 Å². The van der Waals surface area contributed by atoms with E-state index in [4.69, 9.17) is 9.47 Å². The summed E-state index contributed by atoms with van der Waals surface area (Å²) in [4.78, 5) is 0.209. The Bertz CT molecular complexity index is 830. The SMILES string of the molecule is O=S(=O)(c1ccccc1)N1CCOC(COc2ccc(F)cc2F)C1. The van der Waals surface area contributed by atoms with Gasteiger partial charge in [0.1, 0.15) is 18.5 Å². The van der Waals surface area contributed by atoms with Crippen molar-refractivity contribution >= 4 is 10.0 Å². The van der Waals surface area contributed by atoms with Gasteiger partial charge in [0, 0.05) is 19.2 Å². The van der Waals surface area contributed by atoms with Crippen LogP contribution in [0, 0.1) is 11.6 Å². The van der Waals surface area contributed by atoms with Gasteiger partial charge in [-0.25, -0.2) is 17.2 Å². The lowest BCUT2D eigenvalue weighted by Crippen LogP contribution is -2.47. The highest BCUT2D eigenvalue weighted by Crippen LogP contribution is 2.21. The molecule has 0 bridgehead atoms. The molecule has 1 unspecified atom stereocenters. The monoisotopic (exact) mass is 369 g/mol. The number of hydrogen-bond donors (Lipinski definition) is 0. The number of halogens is 2. The molecule has 0 aliphatic carbocycles. The number of rotatable bonds is 5. The molecule has 1 aliphatic rings. The molecule has 134 valence electrons. The third-order valence-electron chi connectivity index (χ3n) is 3.80. The van der Waals surface area contributed by atoms with Crippen molar-refractivity contribution in [2.24, 2.45) is 0 Å². The first kappa shape index (κ1) is 17.8. The summed E-state index contributed by atoms with van der Waals surface area (Å²) in [6, 6.07) is 11.1. The predicted octanol–water partition coefficient (Wildman–Crippen LogP) is 2.43. The number of hydrogen-bond acceptors (Lipinski definition) is 4. The van der Waals surface area contributed by atoms with E-state index in [1.807, 2.05) is 0 Å². The Morgan fingerprint density at radius 3 is 2.64 bits per heavy atom. The molecule has 25 heavy (non-hydrogen) atoms. The minimum absolute atomic E-state index is 0.0383. The quantitative estimate of drug-likeness (QED) is 0.812. The fraction of sp³-hybridized carbons (Fsp3) is 0.294. The largest absolute Gasteiger partial charge is 0.488 e. The average Bonchev–Trinajstić information content (AvgIpc) is 2.62. The molecule has 1 fully saturated rings. The van der Waals surface area contributed by atoms with E-state index in [-0.39, 0.29) is 36.9 Å². The van der Waals surface area contributed by atoms with E-state index < -0.39 is 27.8 Å². The highest BCUT2D eigenvalue weighted by molar-refractivity contribution is 7.89. The molecule has 3 rings (SSSR count).